The van der Waals surface area contributed by atoms with Crippen LogP contribution in [0.15, 0.2) is 0 Å². The summed E-state index contributed by atoms with van der Waals surface area (Å²) < 4.78 is 0. The van der Waals surface area contributed by atoms with E-state index in [0.29, 0.717) is 6.54 Å². The van der Waals surface area contributed by atoms with Crippen molar-refractivity contribution in [1.82, 2.24) is 10.2 Å². The molecule has 0 aromatic rings. The third kappa shape index (κ3) is 1.62. The molecule has 2 rings (SSSR count). The van der Waals surface area contributed by atoms with E-state index < -0.39 is 23.9 Å². The third-order valence-electron chi connectivity index (χ3n) is 3.56. The van der Waals surface area contributed by atoms with Crippen LogP contribution in [-0.2, 0) is 4.79 Å². The molecule has 0 aromatic heterocycles. The Kier molecular flexibility index (Phi) is 2.91. The second kappa shape index (κ2) is 3.96. The molecular formula is C10H19N3O3. The Morgan fingerprint density at radius 2 is 2.25 bits per heavy atom. The number of carbonyl (C=O) groups excluding carboxylic acids is 1. The van der Waals surface area contributed by atoms with E-state index in [1.165, 1.54) is 11.8 Å². The molecule has 2 fully saturated rings. The zero-order valence-corrected chi connectivity index (χ0v) is 9.39. The first-order valence-electron chi connectivity index (χ1n) is 5.66. The number of aliphatic hydroxyl groups is 2. The summed E-state index contributed by atoms with van der Waals surface area (Å²) in [7, 11) is 0. The summed E-state index contributed by atoms with van der Waals surface area (Å²) in [5.74, 6) is -0.0552. The van der Waals surface area contributed by atoms with Gasteiger partial charge in [0.05, 0.1) is 12.1 Å². The van der Waals surface area contributed by atoms with Crippen molar-refractivity contribution in [1.29, 1.82) is 0 Å². The molecule has 0 bridgehead atoms. The summed E-state index contributed by atoms with van der Waals surface area (Å²) in [4.78, 5) is 13.5. The first-order chi connectivity index (χ1) is 7.48. The van der Waals surface area contributed by atoms with Gasteiger partial charge in [-0.15, -0.1) is 0 Å². The molecule has 1 amide bonds. The van der Waals surface area contributed by atoms with Crippen LogP contribution >= 0.6 is 0 Å². The van der Waals surface area contributed by atoms with Gasteiger partial charge in [0.1, 0.15) is 11.8 Å². The maximum absolute atomic E-state index is 12.0. The zero-order valence-electron chi connectivity index (χ0n) is 9.39. The van der Waals surface area contributed by atoms with Crippen molar-refractivity contribution in [3.05, 3.63) is 0 Å². The van der Waals surface area contributed by atoms with Crippen LogP contribution in [0.5, 0.6) is 0 Å². The molecule has 6 nitrogen and oxygen atoms in total. The number of rotatable bonds is 3. The van der Waals surface area contributed by atoms with Crippen molar-refractivity contribution in [3.63, 3.8) is 0 Å². The average molecular weight is 229 g/mol. The number of hydrogen-bond donors (Lipinski definition) is 4. The Balaban J connectivity index is 2.05. The minimum atomic E-state index is -1.21. The number of hydrogen-bond acceptors (Lipinski definition) is 5. The number of nitrogens with two attached hydrogens (primary N) is 1. The SMILES string of the molecule is C[C@@H](O)[C@@H](C(N)O)N1C[C@@]2(CCCN2)C1=O. The van der Waals surface area contributed by atoms with E-state index in [1.807, 2.05) is 0 Å². The number of carbonyl (C=O) groups is 1. The van der Waals surface area contributed by atoms with Gasteiger partial charge in [0.2, 0.25) is 5.91 Å². The van der Waals surface area contributed by atoms with Gasteiger partial charge in [-0.3, -0.25) is 4.79 Å². The minimum absolute atomic E-state index is 0.0552. The van der Waals surface area contributed by atoms with Crippen LogP contribution < -0.4 is 11.1 Å². The van der Waals surface area contributed by atoms with Crippen LogP contribution in [0.2, 0.25) is 0 Å². The van der Waals surface area contributed by atoms with Crippen molar-refractivity contribution < 1.29 is 15.0 Å². The predicted molar refractivity (Wildman–Crippen MR) is 57.3 cm³/mol. The van der Waals surface area contributed by atoms with E-state index in [1.54, 1.807) is 0 Å². The normalized spacial score (nSPS) is 35.0. The molecule has 92 valence electrons. The van der Waals surface area contributed by atoms with E-state index in [4.69, 9.17) is 5.73 Å². The highest BCUT2D eigenvalue weighted by molar-refractivity contribution is 5.93. The topological polar surface area (TPSA) is 98.8 Å². The fraction of sp³-hybridized carbons (Fsp3) is 0.900. The number of likely N-dealkylation sites (tertiary alicyclic amines) is 1. The van der Waals surface area contributed by atoms with Crippen molar-refractivity contribution in [2.45, 2.75) is 43.7 Å². The quantitative estimate of drug-likeness (QED) is 0.331. The summed E-state index contributed by atoms with van der Waals surface area (Å²) in [6.07, 6.45) is -0.218. The van der Waals surface area contributed by atoms with Gasteiger partial charge in [-0.2, -0.15) is 0 Å². The van der Waals surface area contributed by atoms with Gasteiger partial charge < -0.3 is 26.2 Å². The Morgan fingerprint density at radius 3 is 2.62 bits per heavy atom. The second-order valence-corrected chi connectivity index (χ2v) is 4.77. The van der Waals surface area contributed by atoms with Gasteiger partial charge in [0.25, 0.3) is 0 Å². The van der Waals surface area contributed by atoms with Gasteiger partial charge in [0, 0.05) is 6.54 Å². The first-order valence-corrected chi connectivity index (χ1v) is 5.66. The van der Waals surface area contributed by atoms with Crippen LogP contribution in [0.3, 0.4) is 0 Å². The molecule has 5 N–H and O–H groups in total. The lowest BCUT2D eigenvalue weighted by Crippen LogP contribution is -2.76. The molecule has 16 heavy (non-hydrogen) atoms. The monoisotopic (exact) mass is 229 g/mol. The van der Waals surface area contributed by atoms with Crippen LogP contribution in [0, 0.1) is 0 Å². The number of amides is 1. The van der Waals surface area contributed by atoms with E-state index >= 15 is 0 Å². The maximum atomic E-state index is 12.0. The lowest BCUT2D eigenvalue weighted by molar-refractivity contribution is -0.165. The van der Waals surface area contributed by atoms with Gasteiger partial charge in [0.15, 0.2) is 0 Å². The van der Waals surface area contributed by atoms with Crippen LogP contribution in [0.25, 0.3) is 0 Å². The summed E-state index contributed by atoms with van der Waals surface area (Å²) in [5, 5.41) is 22.1. The van der Waals surface area contributed by atoms with Gasteiger partial charge in [-0.25, -0.2) is 0 Å². The molecule has 0 saturated carbocycles. The lowest BCUT2D eigenvalue weighted by atomic mass is 9.84. The van der Waals surface area contributed by atoms with Crippen molar-refractivity contribution >= 4 is 5.91 Å². The van der Waals surface area contributed by atoms with E-state index in [2.05, 4.69) is 5.32 Å². The fourth-order valence-corrected chi connectivity index (χ4v) is 2.71. The first kappa shape index (κ1) is 11.8. The van der Waals surface area contributed by atoms with Crippen LogP contribution in [0.4, 0.5) is 0 Å². The Bertz CT molecular complexity index is 279. The number of aliphatic hydroxyl groups excluding tert-OH is 2. The fourth-order valence-electron chi connectivity index (χ4n) is 2.71. The highest BCUT2D eigenvalue weighted by Crippen LogP contribution is 2.33. The molecule has 2 aliphatic heterocycles. The highest BCUT2D eigenvalue weighted by atomic mass is 16.3. The lowest BCUT2D eigenvalue weighted by Gasteiger charge is -2.51. The summed E-state index contributed by atoms with van der Waals surface area (Å²) in [6, 6.07) is -0.708. The average Bonchev–Trinajstić information content (AvgIpc) is 2.67. The second-order valence-electron chi connectivity index (χ2n) is 4.77. The molecule has 2 aliphatic rings. The zero-order chi connectivity index (χ0) is 11.9. The van der Waals surface area contributed by atoms with Crippen LogP contribution in [0.1, 0.15) is 19.8 Å². The van der Waals surface area contributed by atoms with Gasteiger partial charge in [-0.05, 0) is 26.3 Å². The molecule has 1 unspecified atom stereocenters. The number of β-lactam (4-membered cyclic amide) rings is 1. The molecule has 1 spiro atoms. The Hall–Kier alpha value is -0.690. The van der Waals surface area contributed by atoms with E-state index in [0.717, 1.165) is 19.4 Å². The minimum Gasteiger partial charge on any atom is -0.391 e. The third-order valence-corrected chi connectivity index (χ3v) is 3.56. The van der Waals surface area contributed by atoms with Crippen molar-refractivity contribution in [2.24, 2.45) is 5.73 Å². The largest absolute Gasteiger partial charge is 0.391 e. The molecule has 2 saturated heterocycles. The smallest absolute Gasteiger partial charge is 0.245 e. The van der Waals surface area contributed by atoms with Crippen LogP contribution in [-0.4, -0.2) is 58.0 Å². The van der Waals surface area contributed by atoms with Crippen molar-refractivity contribution in [2.75, 3.05) is 13.1 Å². The summed E-state index contributed by atoms with van der Waals surface area (Å²) in [5.41, 5.74) is 4.94. The maximum Gasteiger partial charge on any atom is 0.245 e. The van der Waals surface area contributed by atoms with Crippen molar-refractivity contribution in [3.8, 4) is 0 Å². The van der Waals surface area contributed by atoms with E-state index in [-0.39, 0.29) is 5.91 Å². The van der Waals surface area contributed by atoms with Gasteiger partial charge >= 0.3 is 0 Å². The summed E-state index contributed by atoms with van der Waals surface area (Å²) >= 11 is 0. The predicted octanol–water partition coefficient (Wildman–Crippen LogP) is -2.02. The summed E-state index contributed by atoms with van der Waals surface area (Å²) in [6.45, 7) is 2.90. The molecule has 0 radical (unpaired) electrons. The Morgan fingerprint density at radius 1 is 1.56 bits per heavy atom. The number of nitrogens with zero attached hydrogens (tertiary/aromatic N) is 1. The molecule has 0 aliphatic carbocycles. The molecular weight excluding hydrogens is 210 g/mol. The molecule has 4 atom stereocenters. The molecule has 6 heteroatoms. The molecule has 2 heterocycles. The standard InChI is InChI=1S/C10H19N3O3/c1-6(14)7(8(11)15)13-5-10(9(13)16)3-2-4-12-10/h6-8,12,14-15H,2-5,11H2,1H3/t6-,7+,8?,10+/m1/s1. The number of nitrogens with one attached hydrogen (secondary N) is 1. The van der Waals surface area contributed by atoms with Gasteiger partial charge in [-0.1, -0.05) is 0 Å². The highest BCUT2D eigenvalue weighted by Gasteiger charge is 2.56. The molecule has 0 aromatic carbocycles. The van der Waals surface area contributed by atoms with E-state index in [9.17, 15) is 15.0 Å². The Labute approximate surface area is 94.4 Å².